The highest BCUT2D eigenvalue weighted by molar-refractivity contribution is 5.76. The fraction of sp³-hybridized carbons (Fsp3) is 0.462. The molecule has 1 N–H and O–H groups in total. The molecule has 1 aromatic rings. The van der Waals surface area contributed by atoms with E-state index in [0.29, 0.717) is 26.4 Å². The summed E-state index contributed by atoms with van der Waals surface area (Å²) in [5.41, 5.74) is 0. The number of hydrogen-bond donors (Lipinski definition) is 1. The van der Waals surface area contributed by atoms with E-state index in [2.05, 4.69) is 5.32 Å². The van der Waals surface area contributed by atoms with E-state index in [1.807, 2.05) is 30.3 Å². The Labute approximate surface area is 106 Å². The van der Waals surface area contributed by atoms with Crippen LogP contribution in [0, 0.1) is 0 Å². The number of esters is 1. The number of rotatable bonds is 5. The molecule has 0 aliphatic carbocycles. The molecule has 1 aliphatic heterocycles. The van der Waals surface area contributed by atoms with Crippen molar-refractivity contribution in [2.45, 2.75) is 6.04 Å². The molecular formula is C13H17NO4. The van der Waals surface area contributed by atoms with Gasteiger partial charge in [0, 0.05) is 6.54 Å². The summed E-state index contributed by atoms with van der Waals surface area (Å²) in [6.45, 7) is 2.29. The smallest absolute Gasteiger partial charge is 0.325 e. The number of carbonyl (C=O) groups excluding carboxylic acids is 1. The van der Waals surface area contributed by atoms with E-state index >= 15 is 0 Å². The Balaban J connectivity index is 1.61. The zero-order chi connectivity index (χ0) is 12.6. The Hall–Kier alpha value is -1.59. The predicted molar refractivity (Wildman–Crippen MR) is 65.5 cm³/mol. The second-order valence-corrected chi connectivity index (χ2v) is 3.91. The molecule has 98 valence electrons. The van der Waals surface area contributed by atoms with Crippen molar-refractivity contribution in [2.75, 3.05) is 33.0 Å². The van der Waals surface area contributed by atoms with Crippen molar-refractivity contribution >= 4 is 5.97 Å². The van der Waals surface area contributed by atoms with E-state index in [4.69, 9.17) is 14.2 Å². The maximum Gasteiger partial charge on any atom is 0.325 e. The van der Waals surface area contributed by atoms with Crippen LogP contribution in [0.2, 0.25) is 0 Å². The Bertz CT molecular complexity index is 363. The van der Waals surface area contributed by atoms with Crippen LogP contribution in [0.4, 0.5) is 0 Å². The van der Waals surface area contributed by atoms with Crippen LogP contribution in [0.5, 0.6) is 5.75 Å². The molecule has 0 aromatic heterocycles. The van der Waals surface area contributed by atoms with Gasteiger partial charge in [0.15, 0.2) is 0 Å². The summed E-state index contributed by atoms with van der Waals surface area (Å²) >= 11 is 0. The third kappa shape index (κ3) is 4.01. The minimum atomic E-state index is -0.351. The molecule has 0 spiro atoms. The third-order valence-electron chi connectivity index (χ3n) is 2.55. The van der Waals surface area contributed by atoms with Gasteiger partial charge in [-0.25, -0.2) is 0 Å². The van der Waals surface area contributed by atoms with Crippen molar-refractivity contribution in [3.63, 3.8) is 0 Å². The molecule has 1 heterocycles. The number of carbonyl (C=O) groups is 1. The van der Waals surface area contributed by atoms with E-state index in [0.717, 1.165) is 5.75 Å². The predicted octanol–water partition coefficient (Wildman–Crippen LogP) is 0.597. The summed E-state index contributed by atoms with van der Waals surface area (Å²) in [4.78, 5) is 11.6. The van der Waals surface area contributed by atoms with Crippen LogP contribution in [0.1, 0.15) is 0 Å². The van der Waals surface area contributed by atoms with Crippen LogP contribution in [0.15, 0.2) is 30.3 Å². The Kier molecular flexibility index (Phi) is 4.99. The van der Waals surface area contributed by atoms with Crippen molar-refractivity contribution in [1.29, 1.82) is 0 Å². The van der Waals surface area contributed by atoms with Crippen LogP contribution in [-0.4, -0.2) is 45.0 Å². The average Bonchev–Trinajstić information content (AvgIpc) is 2.45. The molecule has 0 bridgehead atoms. The molecular weight excluding hydrogens is 234 g/mol. The first-order valence-corrected chi connectivity index (χ1v) is 6.02. The lowest BCUT2D eigenvalue weighted by Gasteiger charge is -2.22. The van der Waals surface area contributed by atoms with Crippen molar-refractivity contribution in [3.8, 4) is 5.75 Å². The van der Waals surface area contributed by atoms with E-state index in [-0.39, 0.29) is 18.6 Å². The molecule has 0 radical (unpaired) electrons. The van der Waals surface area contributed by atoms with Gasteiger partial charge < -0.3 is 19.5 Å². The van der Waals surface area contributed by atoms with Crippen LogP contribution in [0.3, 0.4) is 0 Å². The molecule has 2 rings (SSSR count). The maximum absolute atomic E-state index is 11.6. The number of hydrogen-bond acceptors (Lipinski definition) is 5. The van der Waals surface area contributed by atoms with Crippen LogP contribution in [-0.2, 0) is 14.3 Å². The summed E-state index contributed by atoms with van der Waals surface area (Å²) in [6, 6.07) is 9.07. The summed E-state index contributed by atoms with van der Waals surface area (Å²) in [6.07, 6.45) is 0. The first-order valence-electron chi connectivity index (χ1n) is 6.02. The van der Waals surface area contributed by atoms with E-state index in [1.165, 1.54) is 0 Å². The van der Waals surface area contributed by atoms with Crippen LogP contribution in [0.25, 0.3) is 0 Å². The van der Waals surface area contributed by atoms with Gasteiger partial charge in [-0.2, -0.15) is 0 Å². The largest absolute Gasteiger partial charge is 0.490 e. The normalized spacial score (nSPS) is 19.2. The maximum atomic E-state index is 11.6. The number of para-hydroxylation sites is 1. The van der Waals surface area contributed by atoms with Gasteiger partial charge in [0.1, 0.15) is 25.0 Å². The van der Waals surface area contributed by atoms with Crippen molar-refractivity contribution < 1.29 is 19.0 Å². The fourth-order valence-corrected chi connectivity index (χ4v) is 1.64. The van der Waals surface area contributed by atoms with Gasteiger partial charge >= 0.3 is 5.97 Å². The second kappa shape index (κ2) is 6.98. The Morgan fingerprint density at radius 3 is 2.89 bits per heavy atom. The molecule has 1 saturated heterocycles. The lowest BCUT2D eigenvalue weighted by atomic mass is 10.3. The monoisotopic (exact) mass is 251 g/mol. The summed E-state index contributed by atoms with van der Waals surface area (Å²) in [5.74, 6) is 0.485. The molecule has 1 fully saturated rings. The molecule has 0 saturated carbocycles. The standard InChI is InChI=1S/C13H17NO4/c15-13(12-10-16-7-6-14-12)18-9-8-17-11-4-2-1-3-5-11/h1-5,12,14H,6-10H2. The van der Waals surface area contributed by atoms with Gasteiger partial charge in [0.2, 0.25) is 0 Å². The van der Waals surface area contributed by atoms with Crippen molar-refractivity contribution in [3.05, 3.63) is 30.3 Å². The zero-order valence-corrected chi connectivity index (χ0v) is 10.1. The lowest BCUT2D eigenvalue weighted by Crippen LogP contribution is -2.47. The number of morpholine rings is 1. The highest BCUT2D eigenvalue weighted by atomic mass is 16.6. The number of ether oxygens (including phenoxy) is 3. The van der Waals surface area contributed by atoms with E-state index in [1.54, 1.807) is 0 Å². The first-order chi connectivity index (χ1) is 8.86. The molecule has 1 aliphatic rings. The third-order valence-corrected chi connectivity index (χ3v) is 2.55. The zero-order valence-electron chi connectivity index (χ0n) is 10.1. The highest BCUT2D eigenvalue weighted by Gasteiger charge is 2.22. The van der Waals surface area contributed by atoms with Gasteiger partial charge in [-0.05, 0) is 12.1 Å². The molecule has 18 heavy (non-hydrogen) atoms. The van der Waals surface area contributed by atoms with E-state index in [9.17, 15) is 4.79 Å². The van der Waals surface area contributed by atoms with Gasteiger partial charge in [-0.15, -0.1) is 0 Å². The van der Waals surface area contributed by atoms with Crippen molar-refractivity contribution in [1.82, 2.24) is 5.32 Å². The van der Waals surface area contributed by atoms with E-state index < -0.39 is 0 Å². The summed E-state index contributed by atoms with van der Waals surface area (Å²) in [7, 11) is 0. The SMILES string of the molecule is O=C(OCCOc1ccccc1)C1COCCN1. The van der Waals surface area contributed by atoms with Gasteiger partial charge in [-0.3, -0.25) is 4.79 Å². The highest BCUT2D eigenvalue weighted by Crippen LogP contribution is 2.07. The first kappa shape index (κ1) is 12.9. The van der Waals surface area contributed by atoms with Gasteiger partial charge in [-0.1, -0.05) is 18.2 Å². The molecule has 5 heteroatoms. The van der Waals surface area contributed by atoms with Crippen LogP contribution >= 0.6 is 0 Å². The molecule has 0 amide bonds. The molecule has 1 aromatic carbocycles. The Morgan fingerprint density at radius 1 is 1.33 bits per heavy atom. The van der Waals surface area contributed by atoms with Gasteiger partial charge in [0.25, 0.3) is 0 Å². The van der Waals surface area contributed by atoms with Gasteiger partial charge in [0.05, 0.1) is 13.2 Å². The van der Waals surface area contributed by atoms with Crippen molar-refractivity contribution in [2.24, 2.45) is 0 Å². The minimum Gasteiger partial charge on any atom is -0.490 e. The van der Waals surface area contributed by atoms with Crippen LogP contribution < -0.4 is 10.1 Å². The molecule has 1 unspecified atom stereocenters. The topological polar surface area (TPSA) is 56.8 Å². The quantitative estimate of drug-likeness (QED) is 0.613. The second-order valence-electron chi connectivity index (χ2n) is 3.91. The fourth-order valence-electron chi connectivity index (χ4n) is 1.64. The molecule has 1 atom stereocenters. The average molecular weight is 251 g/mol. The minimum absolute atomic E-state index is 0.242. The number of nitrogens with one attached hydrogen (secondary N) is 1. The number of benzene rings is 1. The molecule has 5 nitrogen and oxygen atoms in total. The Morgan fingerprint density at radius 2 is 2.17 bits per heavy atom. The summed E-state index contributed by atoms with van der Waals surface area (Å²) in [5, 5.41) is 3.04. The summed E-state index contributed by atoms with van der Waals surface area (Å²) < 4.78 is 15.7. The lowest BCUT2D eigenvalue weighted by molar-refractivity contribution is -0.149.